The van der Waals surface area contributed by atoms with Crippen LogP contribution < -0.4 is 5.73 Å². The highest BCUT2D eigenvalue weighted by Crippen LogP contribution is 2.35. The van der Waals surface area contributed by atoms with E-state index in [1.807, 2.05) is 0 Å². The van der Waals surface area contributed by atoms with Crippen molar-refractivity contribution in [2.75, 3.05) is 0 Å². The predicted molar refractivity (Wildman–Crippen MR) is 55.4 cm³/mol. The van der Waals surface area contributed by atoms with Gasteiger partial charge in [0, 0.05) is 6.04 Å². The predicted octanol–water partition coefficient (Wildman–Crippen LogP) is 1.91. The van der Waals surface area contributed by atoms with Gasteiger partial charge in [0.1, 0.15) is 0 Å². The zero-order chi connectivity index (χ0) is 10.1. The molecule has 2 heteroatoms. The molecular weight excluding hydrogens is 162 g/mol. The van der Waals surface area contributed by atoms with Gasteiger partial charge >= 0.3 is 0 Å². The maximum absolute atomic E-state index is 10.3. The molecular formula is C11H23NO. The van der Waals surface area contributed by atoms with Crippen molar-refractivity contribution in [3.8, 4) is 0 Å². The van der Waals surface area contributed by atoms with E-state index in [9.17, 15) is 5.11 Å². The molecule has 1 atom stereocenters. The Labute approximate surface area is 81.5 Å². The molecule has 0 aromatic carbocycles. The third kappa shape index (κ3) is 2.44. The molecule has 0 bridgehead atoms. The molecule has 78 valence electrons. The van der Waals surface area contributed by atoms with Gasteiger partial charge in [-0.25, -0.2) is 0 Å². The SMILES string of the molecule is CC1CCC(O)(C(N)C(C)C)CC1. The lowest BCUT2D eigenvalue weighted by Gasteiger charge is -2.41. The van der Waals surface area contributed by atoms with E-state index in [4.69, 9.17) is 5.73 Å². The molecule has 0 heterocycles. The lowest BCUT2D eigenvalue weighted by molar-refractivity contribution is -0.0406. The monoisotopic (exact) mass is 185 g/mol. The van der Waals surface area contributed by atoms with Crippen LogP contribution in [0.3, 0.4) is 0 Å². The molecule has 13 heavy (non-hydrogen) atoms. The third-order valence-corrected chi connectivity index (χ3v) is 3.48. The van der Waals surface area contributed by atoms with Gasteiger partial charge in [0.2, 0.25) is 0 Å². The fraction of sp³-hybridized carbons (Fsp3) is 1.00. The fourth-order valence-electron chi connectivity index (χ4n) is 2.22. The second kappa shape index (κ2) is 3.97. The van der Waals surface area contributed by atoms with Crippen molar-refractivity contribution in [2.24, 2.45) is 17.6 Å². The molecule has 1 fully saturated rings. The van der Waals surface area contributed by atoms with Crippen LogP contribution in [0.15, 0.2) is 0 Å². The van der Waals surface area contributed by atoms with E-state index in [0.29, 0.717) is 5.92 Å². The van der Waals surface area contributed by atoms with Crippen LogP contribution in [0.4, 0.5) is 0 Å². The van der Waals surface area contributed by atoms with Crippen molar-refractivity contribution in [3.05, 3.63) is 0 Å². The highest BCUT2D eigenvalue weighted by Gasteiger charge is 2.38. The average Bonchev–Trinajstić information content (AvgIpc) is 2.09. The summed E-state index contributed by atoms with van der Waals surface area (Å²) in [4.78, 5) is 0. The Balaban J connectivity index is 2.56. The quantitative estimate of drug-likeness (QED) is 0.690. The largest absolute Gasteiger partial charge is 0.388 e. The summed E-state index contributed by atoms with van der Waals surface area (Å²) in [5.41, 5.74) is 5.44. The van der Waals surface area contributed by atoms with E-state index in [2.05, 4.69) is 20.8 Å². The maximum Gasteiger partial charge on any atom is 0.0800 e. The zero-order valence-corrected chi connectivity index (χ0v) is 9.09. The smallest absolute Gasteiger partial charge is 0.0800 e. The summed E-state index contributed by atoms with van der Waals surface area (Å²) in [7, 11) is 0. The van der Waals surface area contributed by atoms with Crippen LogP contribution in [0.5, 0.6) is 0 Å². The van der Waals surface area contributed by atoms with Crippen LogP contribution in [-0.2, 0) is 0 Å². The van der Waals surface area contributed by atoms with Crippen LogP contribution >= 0.6 is 0 Å². The molecule has 0 amide bonds. The molecule has 0 aromatic heterocycles. The van der Waals surface area contributed by atoms with Gasteiger partial charge in [-0.15, -0.1) is 0 Å². The number of aliphatic hydroxyl groups is 1. The average molecular weight is 185 g/mol. The van der Waals surface area contributed by atoms with Gasteiger partial charge in [-0.2, -0.15) is 0 Å². The first-order valence-electron chi connectivity index (χ1n) is 5.43. The lowest BCUT2D eigenvalue weighted by atomic mass is 9.73. The summed E-state index contributed by atoms with van der Waals surface area (Å²) in [5, 5.41) is 10.3. The van der Waals surface area contributed by atoms with Crippen molar-refractivity contribution in [1.29, 1.82) is 0 Å². The molecule has 1 unspecified atom stereocenters. The second-order valence-electron chi connectivity index (χ2n) is 5.06. The molecule has 1 aliphatic carbocycles. The van der Waals surface area contributed by atoms with Crippen molar-refractivity contribution < 1.29 is 5.11 Å². The van der Waals surface area contributed by atoms with Crippen molar-refractivity contribution >= 4 is 0 Å². The van der Waals surface area contributed by atoms with Gasteiger partial charge < -0.3 is 10.8 Å². The number of hydrogen-bond donors (Lipinski definition) is 2. The lowest BCUT2D eigenvalue weighted by Crippen LogP contribution is -2.52. The topological polar surface area (TPSA) is 46.2 Å². The molecule has 0 radical (unpaired) electrons. The molecule has 0 aliphatic heterocycles. The zero-order valence-electron chi connectivity index (χ0n) is 9.09. The molecule has 3 N–H and O–H groups in total. The van der Waals surface area contributed by atoms with Crippen molar-refractivity contribution in [1.82, 2.24) is 0 Å². The van der Waals surface area contributed by atoms with Crippen LogP contribution in [0.1, 0.15) is 46.5 Å². The van der Waals surface area contributed by atoms with Gasteiger partial charge in [-0.3, -0.25) is 0 Å². The van der Waals surface area contributed by atoms with Gasteiger partial charge in [-0.05, 0) is 37.5 Å². The van der Waals surface area contributed by atoms with Crippen LogP contribution in [-0.4, -0.2) is 16.7 Å². The first kappa shape index (κ1) is 11.0. The number of hydrogen-bond acceptors (Lipinski definition) is 2. The minimum atomic E-state index is -0.583. The number of rotatable bonds is 2. The van der Waals surface area contributed by atoms with Crippen molar-refractivity contribution in [3.63, 3.8) is 0 Å². The van der Waals surface area contributed by atoms with E-state index >= 15 is 0 Å². The first-order chi connectivity index (χ1) is 5.96. The molecule has 0 aromatic rings. The van der Waals surface area contributed by atoms with Crippen LogP contribution in [0.25, 0.3) is 0 Å². The molecule has 1 aliphatic rings. The third-order valence-electron chi connectivity index (χ3n) is 3.48. The molecule has 1 saturated carbocycles. The Hall–Kier alpha value is -0.0800. The highest BCUT2D eigenvalue weighted by atomic mass is 16.3. The summed E-state index contributed by atoms with van der Waals surface area (Å²) < 4.78 is 0. The normalized spacial score (nSPS) is 37.8. The van der Waals surface area contributed by atoms with E-state index in [0.717, 1.165) is 31.6 Å². The van der Waals surface area contributed by atoms with Crippen LogP contribution in [0.2, 0.25) is 0 Å². The summed E-state index contributed by atoms with van der Waals surface area (Å²) >= 11 is 0. The van der Waals surface area contributed by atoms with E-state index < -0.39 is 5.60 Å². The Morgan fingerprint density at radius 2 is 1.77 bits per heavy atom. The Morgan fingerprint density at radius 1 is 1.31 bits per heavy atom. The van der Waals surface area contributed by atoms with Gasteiger partial charge in [-0.1, -0.05) is 20.8 Å². The van der Waals surface area contributed by atoms with E-state index in [-0.39, 0.29) is 6.04 Å². The maximum atomic E-state index is 10.3. The van der Waals surface area contributed by atoms with Gasteiger partial charge in [0.15, 0.2) is 0 Å². The highest BCUT2D eigenvalue weighted by molar-refractivity contribution is 4.94. The fourth-order valence-corrected chi connectivity index (χ4v) is 2.22. The summed E-state index contributed by atoms with van der Waals surface area (Å²) in [5.74, 6) is 1.14. The van der Waals surface area contributed by atoms with Crippen molar-refractivity contribution in [2.45, 2.75) is 58.1 Å². The molecule has 2 nitrogen and oxygen atoms in total. The molecule has 1 rings (SSSR count). The summed E-state index contributed by atoms with van der Waals surface area (Å²) in [6, 6.07) is -0.0556. The minimum absolute atomic E-state index is 0.0556. The Morgan fingerprint density at radius 3 is 2.15 bits per heavy atom. The number of nitrogens with two attached hydrogens (primary N) is 1. The molecule has 0 saturated heterocycles. The van der Waals surface area contributed by atoms with E-state index in [1.54, 1.807) is 0 Å². The molecule has 0 spiro atoms. The first-order valence-corrected chi connectivity index (χ1v) is 5.43. The van der Waals surface area contributed by atoms with Gasteiger partial charge in [0.05, 0.1) is 5.60 Å². The second-order valence-corrected chi connectivity index (χ2v) is 5.06. The van der Waals surface area contributed by atoms with Crippen LogP contribution in [0, 0.1) is 11.8 Å². The van der Waals surface area contributed by atoms with Gasteiger partial charge in [0.25, 0.3) is 0 Å². The standard InChI is InChI=1S/C11H23NO/c1-8(2)10(12)11(13)6-4-9(3)5-7-11/h8-10,13H,4-7,12H2,1-3H3. The Bertz CT molecular complexity index is 159. The minimum Gasteiger partial charge on any atom is -0.388 e. The summed E-state index contributed by atoms with van der Waals surface area (Å²) in [6.45, 7) is 6.42. The Kier molecular flexibility index (Phi) is 3.36. The summed E-state index contributed by atoms with van der Waals surface area (Å²) in [6.07, 6.45) is 4.01. The van der Waals surface area contributed by atoms with E-state index in [1.165, 1.54) is 0 Å².